The molecule has 1 N–H and O–H groups in total. The van der Waals surface area contributed by atoms with Crippen LogP contribution >= 0.6 is 0 Å². The molecule has 0 radical (unpaired) electrons. The Morgan fingerprint density at radius 1 is 1.44 bits per heavy atom. The second kappa shape index (κ2) is 4.89. The van der Waals surface area contributed by atoms with Gasteiger partial charge in [-0.15, -0.1) is 5.10 Å². The van der Waals surface area contributed by atoms with Crippen LogP contribution in [0.2, 0.25) is 0 Å². The Balaban J connectivity index is 1.74. The van der Waals surface area contributed by atoms with Crippen LogP contribution in [0.3, 0.4) is 0 Å². The molecule has 0 fully saturated rings. The van der Waals surface area contributed by atoms with Gasteiger partial charge in [-0.1, -0.05) is 5.21 Å². The molecule has 0 spiro atoms. The molecule has 6 heteroatoms. The van der Waals surface area contributed by atoms with E-state index in [1.54, 1.807) is 6.20 Å². The first-order valence-electron chi connectivity index (χ1n) is 5.29. The van der Waals surface area contributed by atoms with Gasteiger partial charge in [0.25, 0.3) is 0 Å². The van der Waals surface area contributed by atoms with E-state index >= 15 is 0 Å². The Hall–Kier alpha value is -1.69. The van der Waals surface area contributed by atoms with Crippen molar-refractivity contribution >= 4 is 0 Å². The predicted molar refractivity (Wildman–Crippen MR) is 59.7 cm³/mol. The van der Waals surface area contributed by atoms with E-state index in [0.717, 1.165) is 19.6 Å². The molecule has 0 saturated heterocycles. The van der Waals surface area contributed by atoms with Crippen LogP contribution in [0.4, 0.5) is 0 Å². The van der Waals surface area contributed by atoms with Gasteiger partial charge >= 0.3 is 0 Å². The summed E-state index contributed by atoms with van der Waals surface area (Å²) in [5.41, 5.74) is 2.44. The molecule has 0 aliphatic carbocycles. The van der Waals surface area contributed by atoms with Gasteiger partial charge < -0.3 is 5.32 Å². The molecule has 0 amide bonds. The van der Waals surface area contributed by atoms with Crippen molar-refractivity contribution in [2.45, 2.75) is 20.0 Å². The third-order valence-electron chi connectivity index (χ3n) is 2.64. The van der Waals surface area contributed by atoms with Crippen LogP contribution in [0.1, 0.15) is 11.3 Å². The molecule has 2 aromatic heterocycles. The van der Waals surface area contributed by atoms with Gasteiger partial charge in [-0.3, -0.25) is 9.36 Å². The molecule has 0 aliphatic heterocycles. The Labute approximate surface area is 94.3 Å². The van der Waals surface area contributed by atoms with Gasteiger partial charge in [-0.05, 0) is 6.92 Å². The fourth-order valence-corrected chi connectivity index (χ4v) is 1.49. The number of rotatable bonds is 5. The number of aryl methyl sites for hydroxylation is 1. The SMILES string of the molecule is Cc1c(CNCCn2ccnn2)cnn1C. The van der Waals surface area contributed by atoms with Gasteiger partial charge in [0.2, 0.25) is 0 Å². The van der Waals surface area contributed by atoms with E-state index in [1.807, 2.05) is 28.8 Å². The van der Waals surface area contributed by atoms with Crippen LogP contribution in [0, 0.1) is 6.92 Å². The summed E-state index contributed by atoms with van der Waals surface area (Å²) in [6, 6.07) is 0. The van der Waals surface area contributed by atoms with E-state index in [0.29, 0.717) is 0 Å². The van der Waals surface area contributed by atoms with Gasteiger partial charge in [0, 0.05) is 37.6 Å². The molecule has 16 heavy (non-hydrogen) atoms. The molecule has 0 unspecified atom stereocenters. The van der Waals surface area contributed by atoms with Gasteiger partial charge in [-0.25, -0.2) is 0 Å². The highest BCUT2D eigenvalue weighted by atomic mass is 15.4. The van der Waals surface area contributed by atoms with Gasteiger partial charge in [0.05, 0.1) is 18.9 Å². The van der Waals surface area contributed by atoms with E-state index in [1.165, 1.54) is 11.3 Å². The van der Waals surface area contributed by atoms with E-state index in [2.05, 4.69) is 27.7 Å². The first-order valence-corrected chi connectivity index (χ1v) is 5.29. The highest BCUT2D eigenvalue weighted by Gasteiger charge is 2.02. The van der Waals surface area contributed by atoms with Crippen molar-refractivity contribution in [1.82, 2.24) is 30.1 Å². The van der Waals surface area contributed by atoms with Crippen LogP contribution in [-0.2, 0) is 20.1 Å². The topological polar surface area (TPSA) is 60.6 Å². The summed E-state index contributed by atoms with van der Waals surface area (Å²) in [4.78, 5) is 0. The third kappa shape index (κ3) is 2.46. The zero-order chi connectivity index (χ0) is 11.4. The van der Waals surface area contributed by atoms with Crippen molar-refractivity contribution in [3.05, 3.63) is 29.8 Å². The molecule has 2 aromatic rings. The van der Waals surface area contributed by atoms with Crippen molar-refractivity contribution in [1.29, 1.82) is 0 Å². The summed E-state index contributed by atoms with van der Waals surface area (Å²) >= 11 is 0. The minimum Gasteiger partial charge on any atom is -0.311 e. The molecular weight excluding hydrogens is 204 g/mol. The van der Waals surface area contributed by atoms with Crippen LogP contribution in [-0.4, -0.2) is 31.3 Å². The first-order chi connectivity index (χ1) is 7.77. The minimum atomic E-state index is 0.833. The van der Waals surface area contributed by atoms with Crippen molar-refractivity contribution in [3.8, 4) is 0 Å². The molecule has 6 nitrogen and oxygen atoms in total. The summed E-state index contributed by atoms with van der Waals surface area (Å²) < 4.78 is 3.69. The zero-order valence-electron chi connectivity index (χ0n) is 9.59. The van der Waals surface area contributed by atoms with Crippen LogP contribution in [0.25, 0.3) is 0 Å². The molecular formula is C10H16N6. The fraction of sp³-hybridized carbons (Fsp3) is 0.500. The quantitative estimate of drug-likeness (QED) is 0.727. The molecule has 2 heterocycles. The lowest BCUT2D eigenvalue weighted by atomic mass is 10.2. The molecule has 86 valence electrons. The van der Waals surface area contributed by atoms with Crippen molar-refractivity contribution in [2.75, 3.05) is 6.54 Å². The maximum atomic E-state index is 4.19. The van der Waals surface area contributed by atoms with Crippen molar-refractivity contribution < 1.29 is 0 Å². The molecule has 0 aromatic carbocycles. The first kappa shape index (κ1) is 10.8. The smallest absolute Gasteiger partial charge is 0.0692 e. The maximum absolute atomic E-state index is 4.19. The molecule has 0 saturated carbocycles. The molecule has 0 bridgehead atoms. The number of aromatic nitrogens is 5. The zero-order valence-corrected chi connectivity index (χ0v) is 9.59. The highest BCUT2D eigenvalue weighted by molar-refractivity contribution is 5.15. The Morgan fingerprint density at radius 2 is 2.31 bits per heavy atom. The normalized spacial score (nSPS) is 10.9. The van der Waals surface area contributed by atoms with Crippen LogP contribution < -0.4 is 5.32 Å². The Morgan fingerprint density at radius 3 is 2.94 bits per heavy atom. The summed E-state index contributed by atoms with van der Waals surface area (Å²) in [7, 11) is 1.95. The monoisotopic (exact) mass is 220 g/mol. The second-order valence-electron chi connectivity index (χ2n) is 3.72. The van der Waals surface area contributed by atoms with Gasteiger partial charge in [0.1, 0.15) is 0 Å². The highest BCUT2D eigenvalue weighted by Crippen LogP contribution is 2.04. The van der Waals surface area contributed by atoms with Gasteiger partial charge in [0.15, 0.2) is 0 Å². The van der Waals surface area contributed by atoms with Crippen LogP contribution in [0.15, 0.2) is 18.6 Å². The summed E-state index contributed by atoms with van der Waals surface area (Å²) in [6.45, 7) is 4.62. The van der Waals surface area contributed by atoms with E-state index in [-0.39, 0.29) is 0 Å². The Kier molecular flexibility index (Phi) is 3.31. The number of hydrogen-bond acceptors (Lipinski definition) is 4. The standard InChI is InChI=1S/C10H16N6/c1-9-10(8-13-15(9)2)7-11-3-5-16-6-4-12-14-16/h4,6,8,11H,3,5,7H2,1-2H3. The lowest BCUT2D eigenvalue weighted by molar-refractivity contribution is 0.539. The lowest BCUT2D eigenvalue weighted by Gasteiger charge is -2.04. The van der Waals surface area contributed by atoms with Crippen molar-refractivity contribution in [3.63, 3.8) is 0 Å². The van der Waals surface area contributed by atoms with E-state index in [4.69, 9.17) is 0 Å². The second-order valence-corrected chi connectivity index (χ2v) is 3.72. The third-order valence-corrected chi connectivity index (χ3v) is 2.64. The molecule has 2 rings (SSSR count). The molecule has 0 atom stereocenters. The summed E-state index contributed by atoms with van der Waals surface area (Å²) in [5, 5.41) is 15.2. The fourth-order valence-electron chi connectivity index (χ4n) is 1.49. The number of nitrogens with one attached hydrogen (secondary N) is 1. The van der Waals surface area contributed by atoms with Crippen molar-refractivity contribution in [2.24, 2.45) is 7.05 Å². The predicted octanol–water partition coefficient (Wildman–Crippen LogP) is 0.110. The number of hydrogen-bond donors (Lipinski definition) is 1. The summed E-state index contributed by atoms with van der Waals surface area (Å²) in [5.74, 6) is 0. The largest absolute Gasteiger partial charge is 0.311 e. The summed E-state index contributed by atoms with van der Waals surface area (Å²) in [6.07, 6.45) is 5.44. The average Bonchev–Trinajstić information content (AvgIpc) is 2.88. The van der Waals surface area contributed by atoms with Crippen LogP contribution in [0.5, 0.6) is 0 Å². The van der Waals surface area contributed by atoms with E-state index in [9.17, 15) is 0 Å². The minimum absolute atomic E-state index is 0.833. The number of nitrogens with zero attached hydrogens (tertiary/aromatic N) is 5. The lowest BCUT2D eigenvalue weighted by Crippen LogP contribution is -2.20. The Bertz CT molecular complexity index is 430. The van der Waals surface area contributed by atoms with E-state index < -0.39 is 0 Å². The van der Waals surface area contributed by atoms with Gasteiger partial charge in [-0.2, -0.15) is 5.10 Å². The maximum Gasteiger partial charge on any atom is 0.0692 e. The average molecular weight is 220 g/mol. The molecule has 0 aliphatic rings.